The summed E-state index contributed by atoms with van der Waals surface area (Å²) in [6.07, 6.45) is 2.70. The minimum absolute atomic E-state index is 0.374. The molecule has 1 aromatic heterocycles. The molecule has 0 radical (unpaired) electrons. The molecule has 3 heteroatoms. The van der Waals surface area contributed by atoms with Gasteiger partial charge in [0.2, 0.25) is 5.88 Å². The smallest absolute Gasteiger partial charge is 0.229 e. The molecule has 0 aliphatic rings. The fourth-order valence-electron chi connectivity index (χ4n) is 1.73. The van der Waals surface area contributed by atoms with Crippen molar-refractivity contribution in [2.45, 2.75) is 20.3 Å². The Morgan fingerprint density at radius 1 is 1.40 bits per heavy atom. The van der Waals surface area contributed by atoms with E-state index in [0.29, 0.717) is 5.88 Å². The molecule has 2 rings (SSSR count). The van der Waals surface area contributed by atoms with Gasteiger partial charge >= 0.3 is 0 Å². The van der Waals surface area contributed by atoms with Gasteiger partial charge in [0, 0.05) is 0 Å². The zero-order chi connectivity index (χ0) is 10.8. The molecule has 2 N–H and O–H groups in total. The molecule has 0 saturated carbocycles. The highest BCUT2D eigenvalue weighted by Gasteiger charge is 2.07. The molecule has 0 saturated heterocycles. The van der Waals surface area contributed by atoms with E-state index in [2.05, 4.69) is 37.2 Å². The average Bonchev–Trinajstić information content (AvgIpc) is 2.64. The summed E-state index contributed by atoms with van der Waals surface area (Å²) in [4.78, 5) is 0. The van der Waals surface area contributed by atoms with Crippen molar-refractivity contribution in [3.05, 3.63) is 35.5 Å². The van der Waals surface area contributed by atoms with Crippen molar-refractivity contribution in [3.63, 3.8) is 0 Å². The van der Waals surface area contributed by atoms with Crippen molar-refractivity contribution in [2.75, 3.05) is 5.73 Å². The first-order valence-corrected chi connectivity index (χ1v) is 5.02. The van der Waals surface area contributed by atoms with Gasteiger partial charge in [-0.25, -0.2) is 0 Å². The standard InChI is InChI=1S/C12H14N2O/c1-3-9-4-5-10(6-8(9)2)11-7-14-15-12(11)13/h4-7H,3,13H2,1-2H3. The molecule has 3 nitrogen and oxygen atoms in total. The van der Waals surface area contributed by atoms with Gasteiger partial charge in [-0.15, -0.1) is 0 Å². The van der Waals surface area contributed by atoms with Crippen LogP contribution < -0.4 is 5.73 Å². The highest BCUT2D eigenvalue weighted by atomic mass is 16.5. The van der Waals surface area contributed by atoms with E-state index < -0.39 is 0 Å². The van der Waals surface area contributed by atoms with Gasteiger partial charge in [-0.05, 0) is 30.0 Å². The molecule has 0 atom stereocenters. The molecule has 1 heterocycles. The van der Waals surface area contributed by atoms with Gasteiger partial charge in [0.05, 0.1) is 11.8 Å². The molecular weight excluding hydrogens is 188 g/mol. The van der Waals surface area contributed by atoms with E-state index in [-0.39, 0.29) is 0 Å². The molecule has 0 aliphatic carbocycles. The van der Waals surface area contributed by atoms with Crippen LogP contribution in [0, 0.1) is 6.92 Å². The lowest BCUT2D eigenvalue weighted by molar-refractivity contribution is 0.436. The Kier molecular flexibility index (Phi) is 2.46. The van der Waals surface area contributed by atoms with Crippen molar-refractivity contribution >= 4 is 5.88 Å². The summed E-state index contributed by atoms with van der Waals surface area (Å²) in [6.45, 7) is 4.25. The number of hydrogen-bond donors (Lipinski definition) is 1. The Balaban J connectivity index is 2.47. The van der Waals surface area contributed by atoms with Crippen molar-refractivity contribution in [1.29, 1.82) is 0 Å². The van der Waals surface area contributed by atoms with Crippen LogP contribution in [0.15, 0.2) is 28.9 Å². The lowest BCUT2D eigenvalue weighted by atomic mass is 10.0. The second kappa shape index (κ2) is 3.77. The van der Waals surface area contributed by atoms with E-state index >= 15 is 0 Å². The van der Waals surface area contributed by atoms with Crippen LogP contribution in [0.3, 0.4) is 0 Å². The summed E-state index contributed by atoms with van der Waals surface area (Å²) in [6, 6.07) is 6.29. The zero-order valence-corrected chi connectivity index (χ0v) is 8.95. The van der Waals surface area contributed by atoms with E-state index in [4.69, 9.17) is 10.3 Å². The maximum absolute atomic E-state index is 5.66. The van der Waals surface area contributed by atoms with Crippen LogP contribution in [-0.4, -0.2) is 5.16 Å². The van der Waals surface area contributed by atoms with E-state index in [9.17, 15) is 0 Å². The summed E-state index contributed by atoms with van der Waals surface area (Å²) in [5.41, 5.74) is 10.2. The fourth-order valence-corrected chi connectivity index (χ4v) is 1.73. The van der Waals surface area contributed by atoms with Crippen LogP contribution in [0.2, 0.25) is 0 Å². The maximum Gasteiger partial charge on any atom is 0.229 e. The molecule has 0 spiro atoms. The largest absolute Gasteiger partial charge is 0.367 e. The second-order valence-electron chi connectivity index (χ2n) is 3.60. The summed E-state index contributed by atoms with van der Waals surface area (Å²) in [5, 5.41) is 3.67. The maximum atomic E-state index is 5.66. The fraction of sp³-hybridized carbons (Fsp3) is 0.250. The van der Waals surface area contributed by atoms with Crippen LogP contribution in [0.1, 0.15) is 18.1 Å². The minimum atomic E-state index is 0.374. The predicted molar refractivity (Wildman–Crippen MR) is 60.5 cm³/mol. The normalized spacial score (nSPS) is 10.5. The number of aryl methyl sites for hydroxylation is 2. The molecule has 78 valence electrons. The lowest BCUT2D eigenvalue weighted by Gasteiger charge is -2.05. The number of benzene rings is 1. The Hall–Kier alpha value is -1.77. The third-order valence-corrected chi connectivity index (χ3v) is 2.63. The van der Waals surface area contributed by atoms with Crippen LogP contribution in [0.25, 0.3) is 11.1 Å². The first-order chi connectivity index (χ1) is 7.22. The first-order valence-electron chi connectivity index (χ1n) is 5.02. The summed E-state index contributed by atoms with van der Waals surface area (Å²) in [5.74, 6) is 0.374. The van der Waals surface area contributed by atoms with E-state index in [0.717, 1.165) is 17.5 Å². The Morgan fingerprint density at radius 2 is 2.20 bits per heavy atom. The van der Waals surface area contributed by atoms with Crippen LogP contribution in [0.5, 0.6) is 0 Å². The molecule has 0 bridgehead atoms. The van der Waals surface area contributed by atoms with Gasteiger partial charge in [0.15, 0.2) is 0 Å². The van der Waals surface area contributed by atoms with Crippen molar-refractivity contribution in [1.82, 2.24) is 5.16 Å². The summed E-state index contributed by atoms with van der Waals surface area (Å²) >= 11 is 0. The number of anilines is 1. The molecule has 2 aromatic rings. The average molecular weight is 202 g/mol. The molecule has 0 unspecified atom stereocenters. The van der Waals surface area contributed by atoms with Gasteiger partial charge in [0.25, 0.3) is 0 Å². The number of nitrogen functional groups attached to an aromatic ring is 1. The molecular formula is C12H14N2O. The monoisotopic (exact) mass is 202 g/mol. The highest BCUT2D eigenvalue weighted by molar-refractivity contribution is 5.72. The Labute approximate surface area is 88.9 Å². The minimum Gasteiger partial charge on any atom is -0.367 e. The van der Waals surface area contributed by atoms with Crippen molar-refractivity contribution in [2.24, 2.45) is 0 Å². The molecule has 0 aliphatic heterocycles. The zero-order valence-electron chi connectivity index (χ0n) is 8.95. The topological polar surface area (TPSA) is 52.0 Å². The van der Waals surface area contributed by atoms with Gasteiger partial charge < -0.3 is 10.3 Å². The third-order valence-electron chi connectivity index (χ3n) is 2.63. The van der Waals surface area contributed by atoms with E-state index in [1.807, 2.05) is 0 Å². The second-order valence-corrected chi connectivity index (χ2v) is 3.60. The van der Waals surface area contributed by atoms with E-state index in [1.165, 1.54) is 11.1 Å². The van der Waals surface area contributed by atoms with Gasteiger partial charge in [0.1, 0.15) is 0 Å². The quantitative estimate of drug-likeness (QED) is 0.814. The van der Waals surface area contributed by atoms with Crippen LogP contribution >= 0.6 is 0 Å². The SMILES string of the molecule is CCc1ccc(-c2cnoc2N)cc1C. The predicted octanol–water partition coefficient (Wildman–Crippen LogP) is 2.79. The number of rotatable bonds is 2. The first kappa shape index (κ1) is 9.77. The third kappa shape index (κ3) is 1.73. The van der Waals surface area contributed by atoms with Crippen molar-refractivity contribution in [3.8, 4) is 11.1 Å². The number of nitrogens with zero attached hydrogens (tertiary/aromatic N) is 1. The molecule has 0 fully saturated rings. The summed E-state index contributed by atoms with van der Waals surface area (Å²) in [7, 11) is 0. The molecule has 0 amide bonds. The highest BCUT2D eigenvalue weighted by Crippen LogP contribution is 2.27. The van der Waals surface area contributed by atoms with Gasteiger partial charge in [-0.3, -0.25) is 0 Å². The number of hydrogen-bond acceptors (Lipinski definition) is 3. The Morgan fingerprint density at radius 3 is 2.73 bits per heavy atom. The Bertz CT molecular complexity index is 474. The van der Waals surface area contributed by atoms with Crippen LogP contribution in [0.4, 0.5) is 5.88 Å². The van der Waals surface area contributed by atoms with Gasteiger partial charge in [-0.1, -0.05) is 30.3 Å². The summed E-state index contributed by atoms with van der Waals surface area (Å²) < 4.78 is 4.84. The van der Waals surface area contributed by atoms with E-state index in [1.54, 1.807) is 6.20 Å². The molecule has 1 aromatic carbocycles. The van der Waals surface area contributed by atoms with Gasteiger partial charge in [-0.2, -0.15) is 0 Å². The number of aromatic nitrogens is 1. The molecule has 15 heavy (non-hydrogen) atoms. The lowest BCUT2D eigenvalue weighted by Crippen LogP contribution is -1.89. The van der Waals surface area contributed by atoms with Crippen molar-refractivity contribution < 1.29 is 4.52 Å². The number of nitrogens with two attached hydrogens (primary N) is 1. The van der Waals surface area contributed by atoms with Crippen LogP contribution in [-0.2, 0) is 6.42 Å².